The van der Waals surface area contributed by atoms with Crippen LogP contribution in [0.3, 0.4) is 0 Å². The second kappa shape index (κ2) is 4.03. The Bertz CT molecular complexity index is 536. The maximum Gasteiger partial charge on any atom is 0.151 e. The lowest BCUT2D eigenvalue weighted by Gasteiger charge is -2.15. The molecule has 1 saturated heterocycles. The van der Waals surface area contributed by atoms with Crippen LogP contribution in [-0.2, 0) is 16.3 Å². The van der Waals surface area contributed by atoms with Gasteiger partial charge >= 0.3 is 0 Å². The average molecular weight is 272 g/mol. The molecule has 1 aromatic heterocycles. The summed E-state index contributed by atoms with van der Waals surface area (Å²) in [6, 6.07) is 0.0572. The molecular weight excluding hydrogens is 256 g/mol. The van der Waals surface area contributed by atoms with Crippen LogP contribution in [-0.4, -0.2) is 24.9 Å². The fourth-order valence-electron chi connectivity index (χ4n) is 2.63. The van der Waals surface area contributed by atoms with Crippen molar-refractivity contribution in [2.75, 3.05) is 11.5 Å². The first-order valence-corrected chi connectivity index (χ1v) is 8.64. The van der Waals surface area contributed by atoms with E-state index >= 15 is 0 Å². The van der Waals surface area contributed by atoms with Crippen LogP contribution in [0.1, 0.15) is 46.8 Å². The first-order chi connectivity index (χ1) is 8.05. The molecule has 0 amide bonds. The molecule has 94 valence electrons. The first-order valence-electron chi connectivity index (χ1n) is 6.01. The smallest absolute Gasteiger partial charge is 0.151 e. The van der Waals surface area contributed by atoms with Crippen molar-refractivity contribution >= 4 is 21.2 Å². The maximum atomic E-state index is 11.5. The Balaban J connectivity index is 1.90. The van der Waals surface area contributed by atoms with E-state index < -0.39 is 9.84 Å². The number of thiazole rings is 1. The molecule has 1 aromatic rings. The molecule has 0 saturated carbocycles. The normalized spacial score (nSPS) is 31.4. The zero-order valence-corrected chi connectivity index (χ0v) is 11.2. The largest absolute Gasteiger partial charge is 0.323 e. The predicted molar refractivity (Wildman–Crippen MR) is 68.0 cm³/mol. The van der Waals surface area contributed by atoms with E-state index in [2.05, 4.69) is 4.98 Å². The van der Waals surface area contributed by atoms with Crippen LogP contribution in [0.5, 0.6) is 0 Å². The molecule has 0 radical (unpaired) electrons. The van der Waals surface area contributed by atoms with E-state index in [0.29, 0.717) is 5.75 Å². The fourth-order valence-corrected chi connectivity index (χ4v) is 5.80. The molecule has 3 rings (SSSR count). The van der Waals surface area contributed by atoms with Gasteiger partial charge in [0.15, 0.2) is 9.84 Å². The maximum absolute atomic E-state index is 11.5. The van der Waals surface area contributed by atoms with E-state index in [0.717, 1.165) is 36.4 Å². The minimum Gasteiger partial charge on any atom is -0.323 e. The quantitative estimate of drug-likeness (QED) is 0.838. The minimum atomic E-state index is -2.82. The summed E-state index contributed by atoms with van der Waals surface area (Å²) in [5, 5.41) is 0.994. The third-order valence-corrected chi connectivity index (χ3v) is 6.66. The Morgan fingerprint density at radius 3 is 2.82 bits per heavy atom. The number of hydrogen-bond donors (Lipinski definition) is 1. The van der Waals surface area contributed by atoms with Gasteiger partial charge in [-0.15, -0.1) is 11.3 Å². The highest BCUT2D eigenvalue weighted by Gasteiger charge is 2.33. The third-order valence-electron chi connectivity index (χ3n) is 3.60. The van der Waals surface area contributed by atoms with Crippen LogP contribution in [0.15, 0.2) is 0 Å². The standard InChI is InChI=1S/C11H16N2O2S2/c12-8-2-1-3-9-10(8)13-11(16-9)7-4-5-17(14,15)6-7/h7-8H,1-6,12H2. The molecule has 2 aliphatic rings. The number of sulfone groups is 1. The van der Waals surface area contributed by atoms with Crippen LogP contribution >= 0.6 is 11.3 Å². The molecule has 6 heteroatoms. The Morgan fingerprint density at radius 2 is 2.18 bits per heavy atom. The molecule has 1 aliphatic heterocycles. The van der Waals surface area contributed by atoms with Gasteiger partial charge in [0, 0.05) is 16.8 Å². The minimum absolute atomic E-state index is 0.0572. The zero-order chi connectivity index (χ0) is 12.0. The number of hydrogen-bond acceptors (Lipinski definition) is 5. The first kappa shape index (κ1) is 11.6. The van der Waals surface area contributed by atoms with E-state index in [1.807, 2.05) is 0 Å². The SMILES string of the molecule is NC1CCCc2sc(C3CCS(=O)(=O)C3)nc21. The molecule has 0 aromatic carbocycles. The molecule has 2 N–H and O–H groups in total. The van der Waals surface area contributed by atoms with Gasteiger partial charge in [0.25, 0.3) is 0 Å². The van der Waals surface area contributed by atoms with Crippen LogP contribution in [0, 0.1) is 0 Å². The number of fused-ring (bicyclic) bond motifs is 1. The van der Waals surface area contributed by atoms with Crippen molar-refractivity contribution in [2.45, 2.75) is 37.6 Å². The number of rotatable bonds is 1. The molecule has 0 spiro atoms. The van der Waals surface area contributed by atoms with E-state index in [1.54, 1.807) is 11.3 Å². The summed E-state index contributed by atoms with van der Waals surface area (Å²) in [5.41, 5.74) is 7.07. The highest BCUT2D eigenvalue weighted by molar-refractivity contribution is 7.91. The molecular formula is C11H16N2O2S2. The lowest BCUT2D eigenvalue weighted by Crippen LogP contribution is -2.16. The monoisotopic (exact) mass is 272 g/mol. The van der Waals surface area contributed by atoms with E-state index in [1.165, 1.54) is 4.88 Å². The number of nitrogens with zero attached hydrogens (tertiary/aromatic N) is 1. The van der Waals surface area contributed by atoms with E-state index in [-0.39, 0.29) is 17.7 Å². The second-order valence-corrected chi connectivity index (χ2v) is 8.30. The summed E-state index contributed by atoms with van der Waals surface area (Å²) in [4.78, 5) is 5.89. The predicted octanol–water partition coefficient (Wildman–Crippen LogP) is 1.38. The zero-order valence-electron chi connectivity index (χ0n) is 9.55. The topological polar surface area (TPSA) is 73.1 Å². The van der Waals surface area contributed by atoms with Gasteiger partial charge < -0.3 is 5.73 Å². The third kappa shape index (κ3) is 2.13. The Hall–Kier alpha value is -0.460. The summed E-state index contributed by atoms with van der Waals surface area (Å²) < 4.78 is 22.9. The number of nitrogens with two attached hydrogens (primary N) is 1. The fraction of sp³-hybridized carbons (Fsp3) is 0.727. The van der Waals surface area contributed by atoms with Gasteiger partial charge in [-0.2, -0.15) is 0 Å². The van der Waals surface area contributed by atoms with Crippen molar-refractivity contribution < 1.29 is 8.42 Å². The summed E-state index contributed by atoms with van der Waals surface area (Å²) in [7, 11) is -2.82. The number of aryl methyl sites for hydroxylation is 1. The van der Waals surface area contributed by atoms with Crippen molar-refractivity contribution in [3.05, 3.63) is 15.6 Å². The average Bonchev–Trinajstić information content (AvgIpc) is 2.82. The van der Waals surface area contributed by atoms with Crippen LogP contribution < -0.4 is 5.73 Å². The second-order valence-electron chi connectivity index (χ2n) is 4.96. The summed E-state index contributed by atoms with van der Waals surface area (Å²) in [5.74, 6) is 0.700. The Labute approximate surface area is 105 Å². The summed E-state index contributed by atoms with van der Waals surface area (Å²) in [6.45, 7) is 0. The van der Waals surface area contributed by atoms with Gasteiger partial charge in [-0.1, -0.05) is 0 Å². The number of aromatic nitrogens is 1. The molecule has 4 nitrogen and oxygen atoms in total. The highest BCUT2D eigenvalue weighted by atomic mass is 32.2. The van der Waals surface area contributed by atoms with Gasteiger partial charge in [0.1, 0.15) is 0 Å². The molecule has 1 aliphatic carbocycles. The van der Waals surface area contributed by atoms with Crippen molar-refractivity contribution in [1.29, 1.82) is 0 Å². The summed E-state index contributed by atoms with van der Waals surface area (Å²) in [6.07, 6.45) is 3.90. The Kier molecular flexibility index (Phi) is 2.76. The van der Waals surface area contributed by atoms with Crippen LogP contribution in [0.4, 0.5) is 0 Å². The lowest BCUT2D eigenvalue weighted by molar-refractivity contribution is 0.561. The van der Waals surface area contributed by atoms with Crippen molar-refractivity contribution in [1.82, 2.24) is 4.98 Å². The molecule has 0 bridgehead atoms. The van der Waals surface area contributed by atoms with Gasteiger partial charge in [0.2, 0.25) is 0 Å². The van der Waals surface area contributed by atoms with Gasteiger partial charge in [0.05, 0.1) is 22.2 Å². The molecule has 2 heterocycles. The van der Waals surface area contributed by atoms with Gasteiger partial charge in [-0.05, 0) is 25.7 Å². The van der Waals surface area contributed by atoms with E-state index in [9.17, 15) is 8.42 Å². The van der Waals surface area contributed by atoms with E-state index in [4.69, 9.17) is 5.73 Å². The molecule has 1 fully saturated rings. The summed E-state index contributed by atoms with van der Waals surface area (Å²) >= 11 is 1.68. The van der Waals surface area contributed by atoms with Crippen LogP contribution in [0.25, 0.3) is 0 Å². The molecule has 17 heavy (non-hydrogen) atoms. The highest BCUT2D eigenvalue weighted by Crippen LogP contribution is 2.37. The van der Waals surface area contributed by atoms with Crippen molar-refractivity contribution in [2.24, 2.45) is 5.73 Å². The molecule has 2 unspecified atom stereocenters. The van der Waals surface area contributed by atoms with Gasteiger partial charge in [-0.25, -0.2) is 13.4 Å². The Morgan fingerprint density at radius 1 is 1.35 bits per heavy atom. The molecule has 2 atom stereocenters. The lowest BCUT2D eigenvalue weighted by atomic mass is 9.98. The van der Waals surface area contributed by atoms with Crippen LogP contribution in [0.2, 0.25) is 0 Å². The van der Waals surface area contributed by atoms with Crippen molar-refractivity contribution in [3.8, 4) is 0 Å². The van der Waals surface area contributed by atoms with Crippen molar-refractivity contribution in [3.63, 3.8) is 0 Å². The van der Waals surface area contributed by atoms with Gasteiger partial charge in [-0.3, -0.25) is 0 Å².